The molecule has 0 heterocycles. The predicted octanol–water partition coefficient (Wildman–Crippen LogP) is 5.49. The van der Waals surface area contributed by atoms with Crippen LogP contribution in [0.4, 0.5) is 0 Å². The third-order valence-electron chi connectivity index (χ3n) is 3.72. The summed E-state index contributed by atoms with van der Waals surface area (Å²) in [6.07, 6.45) is 0. The van der Waals surface area contributed by atoms with E-state index in [9.17, 15) is 4.79 Å². The average molecular weight is 368 g/mol. The first-order chi connectivity index (χ1) is 12.2. The molecule has 0 spiro atoms. The molecule has 1 atom stereocenters. The SMILES string of the molecule is O=C(NCc1ccc(Cl)cc1)[C@H](Sc1ccccc1)c1ccccc1. The van der Waals surface area contributed by atoms with Crippen LogP contribution in [0.3, 0.4) is 0 Å². The molecule has 1 amide bonds. The van der Waals surface area contributed by atoms with Crippen molar-refractivity contribution in [2.45, 2.75) is 16.7 Å². The van der Waals surface area contributed by atoms with Crippen molar-refractivity contribution in [2.75, 3.05) is 0 Å². The van der Waals surface area contributed by atoms with Gasteiger partial charge in [0.2, 0.25) is 5.91 Å². The van der Waals surface area contributed by atoms with Crippen LogP contribution in [0.5, 0.6) is 0 Å². The second kappa shape index (κ2) is 8.75. The Bertz CT molecular complexity index is 806. The smallest absolute Gasteiger partial charge is 0.238 e. The van der Waals surface area contributed by atoms with Crippen molar-refractivity contribution >= 4 is 29.3 Å². The van der Waals surface area contributed by atoms with Gasteiger partial charge in [0.15, 0.2) is 0 Å². The van der Waals surface area contributed by atoms with Gasteiger partial charge in [0.25, 0.3) is 0 Å². The summed E-state index contributed by atoms with van der Waals surface area (Å²) < 4.78 is 0. The van der Waals surface area contributed by atoms with E-state index in [0.717, 1.165) is 16.0 Å². The number of hydrogen-bond donors (Lipinski definition) is 1. The molecular formula is C21H18ClNOS. The molecule has 0 aliphatic rings. The summed E-state index contributed by atoms with van der Waals surface area (Å²) in [4.78, 5) is 13.9. The van der Waals surface area contributed by atoms with Gasteiger partial charge < -0.3 is 5.32 Å². The molecule has 25 heavy (non-hydrogen) atoms. The van der Waals surface area contributed by atoms with Crippen molar-refractivity contribution < 1.29 is 4.79 Å². The van der Waals surface area contributed by atoms with E-state index in [1.807, 2.05) is 84.9 Å². The molecule has 126 valence electrons. The highest BCUT2D eigenvalue weighted by Gasteiger charge is 2.21. The second-order valence-corrected chi connectivity index (χ2v) is 7.18. The molecule has 0 saturated heterocycles. The molecular weight excluding hydrogens is 350 g/mol. The van der Waals surface area contributed by atoms with Crippen LogP contribution in [0.25, 0.3) is 0 Å². The largest absolute Gasteiger partial charge is 0.351 e. The molecule has 0 unspecified atom stereocenters. The molecule has 0 aliphatic heterocycles. The van der Waals surface area contributed by atoms with E-state index in [-0.39, 0.29) is 11.2 Å². The molecule has 3 aromatic rings. The maximum atomic E-state index is 12.8. The summed E-state index contributed by atoms with van der Waals surface area (Å²) in [7, 11) is 0. The van der Waals surface area contributed by atoms with Crippen LogP contribution in [-0.2, 0) is 11.3 Å². The third-order valence-corrected chi connectivity index (χ3v) is 5.24. The number of nitrogens with one attached hydrogen (secondary N) is 1. The van der Waals surface area contributed by atoms with E-state index in [1.165, 1.54) is 0 Å². The number of hydrogen-bond acceptors (Lipinski definition) is 2. The minimum absolute atomic E-state index is 0.00463. The molecule has 0 bridgehead atoms. The van der Waals surface area contributed by atoms with E-state index in [4.69, 9.17) is 11.6 Å². The van der Waals surface area contributed by atoms with Crippen LogP contribution in [0.2, 0.25) is 5.02 Å². The lowest BCUT2D eigenvalue weighted by molar-refractivity contribution is -0.120. The Labute approximate surface area is 157 Å². The predicted molar refractivity (Wildman–Crippen MR) is 105 cm³/mol. The molecule has 0 fully saturated rings. The van der Waals surface area contributed by atoms with Crippen molar-refractivity contribution in [3.8, 4) is 0 Å². The van der Waals surface area contributed by atoms with E-state index in [2.05, 4.69) is 5.32 Å². The van der Waals surface area contributed by atoms with Crippen LogP contribution >= 0.6 is 23.4 Å². The van der Waals surface area contributed by atoms with E-state index >= 15 is 0 Å². The Morgan fingerprint density at radius 2 is 1.48 bits per heavy atom. The lowest BCUT2D eigenvalue weighted by Gasteiger charge is -2.17. The molecule has 4 heteroatoms. The fraction of sp³-hybridized carbons (Fsp3) is 0.0952. The number of halogens is 1. The van der Waals surface area contributed by atoms with Gasteiger partial charge in [0.05, 0.1) is 0 Å². The summed E-state index contributed by atoms with van der Waals surface area (Å²) in [5, 5.41) is 3.43. The van der Waals surface area contributed by atoms with Gasteiger partial charge in [-0.2, -0.15) is 0 Å². The summed E-state index contributed by atoms with van der Waals surface area (Å²) in [5.41, 5.74) is 2.01. The van der Waals surface area contributed by atoms with E-state index in [0.29, 0.717) is 11.6 Å². The van der Waals surface area contributed by atoms with Gasteiger partial charge in [-0.25, -0.2) is 0 Å². The number of carbonyl (C=O) groups is 1. The van der Waals surface area contributed by atoms with Crippen molar-refractivity contribution in [1.82, 2.24) is 5.32 Å². The van der Waals surface area contributed by atoms with Crippen LogP contribution in [0.1, 0.15) is 16.4 Å². The number of thioether (sulfide) groups is 1. The highest BCUT2D eigenvalue weighted by molar-refractivity contribution is 8.00. The number of benzene rings is 3. The van der Waals surface area contributed by atoms with E-state index < -0.39 is 0 Å². The normalized spacial score (nSPS) is 11.7. The first-order valence-corrected chi connectivity index (χ1v) is 9.27. The lowest BCUT2D eigenvalue weighted by atomic mass is 10.1. The zero-order valence-corrected chi connectivity index (χ0v) is 15.1. The summed E-state index contributed by atoms with van der Waals surface area (Å²) in [5.74, 6) is -0.00463. The Morgan fingerprint density at radius 1 is 0.880 bits per heavy atom. The van der Waals surface area contributed by atoms with Crippen molar-refractivity contribution in [3.05, 3.63) is 101 Å². The van der Waals surface area contributed by atoms with Crippen molar-refractivity contribution in [1.29, 1.82) is 0 Å². The molecule has 1 N–H and O–H groups in total. The third kappa shape index (κ3) is 5.12. The van der Waals surface area contributed by atoms with Gasteiger partial charge in [-0.1, -0.05) is 72.3 Å². The minimum atomic E-state index is -0.295. The first kappa shape index (κ1) is 17.6. The number of rotatable bonds is 6. The van der Waals surface area contributed by atoms with Crippen LogP contribution in [0, 0.1) is 0 Å². The lowest BCUT2D eigenvalue weighted by Crippen LogP contribution is -2.27. The van der Waals surface area contributed by atoms with Gasteiger partial charge in [-0.3, -0.25) is 4.79 Å². The maximum Gasteiger partial charge on any atom is 0.238 e. The molecule has 0 aromatic heterocycles. The van der Waals surface area contributed by atoms with E-state index in [1.54, 1.807) is 11.8 Å². The Balaban J connectivity index is 1.74. The molecule has 3 aromatic carbocycles. The first-order valence-electron chi connectivity index (χ1n) is 8.01. The number of carbonyl (C=O) groups excluding carboxylic acids is 1. The van der Waals surface area contributed by atoms with Crippen LogP contribution in [-0.4, -0.2) is 5.91 Å². The summed E-state index contributed by atoms with van der Waals surface area (Å²) >= 11 is 7.46. The van der Waals surface area contributed by atoms with Gasteiger partial charge in [0, 0.05) is 16.5 Å². The zero-order valence-electron chi connectivity index (χ0n) is 13.6. The average Bonchev–Trinajstić information content (AvgIpc) is 2.67. The van der Waals surface area contributed by atoms with Crippen molar-refractivity contribution in [2.24, 2.45) is 0 Å². The standard InChI is InChI=1S/C21H18ClNOS/c22-18-13-11-16(12-14-18)15-23-21(24)20(17-7-3-1-4-8-17)25-19-9-5-2-6-10-19/h1-14,20H,15H2,(H,23,24)/t20-/m1/s1. The van der Waals surface area contributed by atoms with Crippen molar-refractivity contribution in [3.63, 3.8) is 0 Å². The Morgan fingerprint density at radius 3 is 2.12 bits per heavy atom. The maximum absolute atomic E-state index is 12.8. The second-order valence-electron chi connectivity index (χ2n) is 5.57. The number of amides is 1. The van der Waals surface area contributed by atoms with Gasteiger partial charge in [0.1, 0.15) is 5.25 Å². The summed E-state index contributed by atoms with van der Waals surface area (Å²) in [6, 6.07) is 27.3. The quantitative estimate of drug-likeness (QED) is 0.583. The van der Waals surface area contributed by atoms with Crippen LogP contribution in [0.15, 0.2) is 89.8 Å². The van der Waals surface area contributed by atoms with Gasteiger partial charge in [-0.05, 0) is 35.4 Å². The minimum Gasteiger partial charge on any atom is -0.351 e. The zero-order chi connectivity index (χ0) is 17.5. The summed E-state index contributed by atoms with van der Waals surface area (Å²) in [6.45, 7) is 0.481. The fourth-order valence-electron chi connectivity index (χ4n) is 2.42. The Hall–Kier alpha value is -2.23. The van der Waals surface area contributed by atoms with Gasteiger partial charge in [-0.15, -0.1) is 11.8 Å². The highest BCUT2D eigenvalue weighted by Crippen LogP contribution is 2.35. The molecule has 0 aliphatic carbocycles. The Kier molecular flexibility index (Phi) is 6.15. The molecule has 2 nitrogen and oxygen atoms in total. The monoisotopic (exact) mass is 367 g/mol. The molecule has 3 rings (SSSR count). The van der Waals surface area contributed by atoms with Gasteiger partial charge >= 0.3 is 0 Å². The fourth-order valence-corrected chi connectivity index (χ4v) is 3.62. The van der Waals surface area contributed by atoms with Crippen LogP contribution < -0.4 is 5.32 Å². The highest BCUT2D eigenvalue weighted by atomic mass is 35.5. The molecule has 0 saturated carbocycles. The topological polar surface area (TPSA) is 29.1 Å². The molecule has 0 radical (unpaired) electrons.